The van der Waals surface area contributed by atoms with Gasteiger partial charge in [0.15, 0.2) is 9.84 Å². The molecule has 0 amide bonds. The molecule has 32 heavy (non-hydrogen) atoms. The van der Waals surface area contributed by atoms with Crippen molar-refractivity contribution >= 4 is 26.7 Å². The number of carbonyl (C=O) groups is 1. The van der Waals surface area contributed by atoms with Gasteiger partial charge in [0.1, 0.15) is 17.3 Å². The first-order valence-corrected chi connectivity index (χ1v) is 11.5. The number of nitrogens with zero attached hydrogens (tertiary/aromatic N) is 2. The molecule has 0 fully saturated rings. The Labute approximate surface area is 183 Å². The van der Waals surface area contributed by atoms with Crippen LogP contribution in [0.3, 0.4) is 0 Å². The Hall–Kier alpha value is -3.46. The molecule has 0 radical (unpaired) electrons. The minimum atomic E-state index is -3.65. The van der Waals surface area contributed by atoms with E-state index < -0.39 is 43.8 Å². The summed E-state index contributed by atoms with van der Waals surface area (Å²) in [7, 11) is -3.65. The van der Waals surface area contributed by atoms with E-state index in [-0.39, 0.29) is 11.1 Å². The summed E-state index contributed by atoms with van der Waals surface area (Å²) < 4.78 is 54.2. The van der Waals surface area contributed by atoms with E-state index in [0.717, 1.165) is 17.7 Å². The lowest BCUT2D eigenvalue weighted by atomic mass is 9.99. The summed E-state index contributed by atoms with van der Waals surface area (Å²) in [4.78, 5) is 24.3. The smallest absolute Gasteiger partial charge is 0.201 e. The van der Waals surface area contributed by atoms with E-state index in [1.165, 1.54) is 20.0 Å². The fraction of sp³-hybridized carbons (Fsp3) is 0.174. The summed E-state index contributed by atoms with van der Waals surface area (Å²) >= 11 is 0. The number of hydrogen-bond donors (Lipinski definition) is 1. The van der Waals surface area contributed by atoms with Gasteiger partial charge in [-0.25, -0.2) is 22.2 Å². The largest absolute Gasteiger partial charge is 0.345 e. The molecule has 4 aromatic rings. The molecular weight excluding hydrogens is 436 g/mol. The van der Waals surface area contributed by atoms with E-state index in [9.17, 15) is 17.6 Å². The summed E-state index contributed by atoms with van der Waals surface area (Å²) in [6.45, 7) is 2.95. The molecule has 0 saturated heterocycles. The number of benzene rings is 1. The number of fused-ring (bicyclic) bond motifs is 1. The lowest BCUT2D eigenvalue weighted by molar-refractivity contribution is 0.103. The number of rotatable bonds is 6. The van der Waals surface area contributed by atoms with Crippen LogP contribution >= 0.6 is 0 Å². The van der Waals surface area contributed by atoms with Gasteiger partial charge in [-0.05, 0) is 32.0 Å². The van der Waals surface area contributed by atoms with Crippen LogP contribution in [0.4, 0.5) is 8.78 Å². The number of halogens is 2. The van der Waals surface area contributed by atoms with Gasteiger partial charge in [0, 0.05) is 52.4 Å². The molecule has 0 bridgehead atoms. The zero-order valence-corrected chi connectivity index (χ0v) is 18.1. The number of nitrogens with one attached hydrogen (secondary N) is 1. The van der Waals surface area contributed by atoms with Crippen LogP contribution in [0, 0.1) is 11.6 Å². The molecule has 9 heteroatoms. The maximum absolute atomic E-state index is 15.2. The van der Waals surface area contributed by atoms with Crippen molar-refractivity contribution in [2.24, 2.45) is 0 Å². The lowest BCUT2D eigenvalue weighted by Gasteiger charge is -2.11. The average molecular weight is 455 g/mol. The standard InChI is InChI=1S/C23H19F2N3O3S/c1-13(2)32(30,31)12-15-5-6-19(24)20(21(15)25)22(29)18-11-28-23-17(18)8-16(10-27-23)14-4-3-7-26-9-14/h3-11,13H,12H2,1-2H3,(H,27,28). The van der Waals surface area contributed by atoms with Gasteiger partial charge < -0.3 is 4.98 Å². The number of pyridine rings is 2. The van der Waals surface area contributed by atoms with Gasteiger partial charge in [-0.1, -0.05) is 12.1 Å². The second-order valence-electron chi connectivity index (χ2n) is 7.64. The average Bonchev–Trinajstić information content (AvgIpc) is 3.19. The Morgan fingerprint density at radius 2 is 1.91 bits per heavy atom. The number of aromatic nitrogens is 3. The molecule has 0 aliphatic heterocycles. The predicted molar refractivity (Wildman–Crippen MR) is 117 cm³/mol. The Bertz CT molecular complexity index is 1430. The molecule has 1 N–H and O–H groups in total. The van der Waals surface area contributed by atoms with Gasteiger partial charge in [0.2, 0.25) is 5.78 Å². The van der Waals surface area contributed by atoms with Crippen molar-refractivity contribution in [3.63, 3.8) is 0 Å². The molecule has 0 saturated carbocycles. The van der Waals surface area contributed by atoms with Crippen molar-refractivity contribution < 1.29 is 22.0 Å². The van der Waals surface area contributed by atoms with Crippen LogP contribution in [0.5, 0.6) is 0 Å². The third-order valence-corrected chi connectivity index (χ3v) is 7.39. The summed E-state index contributed by atoms with van der Waals surface area (Å²) in [6, 6.07) is 7.23. The van der Waals surface area contributed by atoms with Crippen LogP contribution in [0.25, 0.3) is 22.2 Å². The monoisotopic (exact) mass is 455 g/mol. The summed E-state index contributed by atoms with van der Waals surface area (Å²) in [5.41, 5.74) is 0.795. The molecule has 0 atom stereocenters. The second-order valence-corrected chi connectivity index (χ2v) is 10.2. The third kappa shape index (κ3) is 3.91. The van der Waals surface area contributed by atoms with E-state index in [2.05, 4.69) is 15.0 Å². The number of H-pyrrole nitrogens is 1. The zero-order chi connectivity index (χ0) is 23.0. The van der Waals surface area contributed by atoms with Gasteiger partial charge >= 0.3 is 0 Å². The van der Waals surface area contributed by atoms with E-state index in [4.69, 9.17) is 0 Å². The topological polar surface area (TPSA) is 92.8 Å². The Morgan fingerprint density at radius 3 is 2.59 bits per heavy atom. The summed E-state index contributed by atoms with van der Waals surface area (Å²) in [6.07, 6.45) is 6.19. The first-order valence-electron chi connectivity index (χ1n) is 9.79. The SMILES string of the molecule is CC(C)S(=O)(=O)Cc1ccc(F)c(C(=O)c2c[nH]c3ncc(-c4cccnc4)cc23)c1F. The van der Waals surface area contributed by atoms with Crippen molar-refractivity contribution in [1.29, 1.82) is 0 Å². The number of sulfone groups is 1. The van der Waals surface area contributed by atoms with Crippen LogP contribution in [-0.2, 0) is 15.6 Å². The normalized spacial score (nSPS) is 11.9. The molecule has 6 nitrogen and oxygen atoms in total. The molecule has 1 aromatic carbocycles. The maximum atomic E-state index is 15.2. The summed E-state index contributed by atoms with van der Waals surface area (Å²) in [5.74, 6) is -3.77. The molecule has 3 aromatic heterocycles. The highest BCUT2D eigenvalue weighted by Crippen LogP contribution is 2.28. The molecule has 0 spiro atoms. The van der Waals surface area contributed by atoms with E-state index in [1.54, 1.807) is 30.7 Å². The van der Waals surface area contributed by atoms with Crippen molar-refractivity contribution in [1.82, 2.24) is 15.0 Å². The fourth-order valence-corrected chi connectivity index (χ4v) is 4.31. The highest BCUT2D eigenvalue weighted by Gasteiger charge is 2.27. The molecule has 0 aliphatic carbocycles. The van der Waals surface area contributed by atoms with Crippen molar-refractivity contribution in [3.05, 3.63) is 83.4 Å². The van der Waals surface area contributed by atoms with Gasteiger partial charge in [0.25, 0.3) is 0 Å². The Balaban J connectivity index is 1.80. The predicted octanol–water partition coefficient (Wildman–Crippen LogP) is 4.46. The second kappa shape index (κ2) is 8.23. The first kappa shape index (κ1) is 21.8. The van der Waals surface area contributed by atoms with Crippen molar-refractivity contribution in [3.8, 4) is 11.1 Å². The molecular formula is C23H19F2N3O3S. The number of carbonyl (C=O) groups excluding carboxylic acids is 1. The van der Waals surface area contributed by atoms with Gasteiger partial charge in [-0.15, -0.1) is 0 Å². The molecule has 164 valence electrons. The quantitative estimate of drug-likeness (QED) is 0.434. The van der Waals surface area contributed by atoms with E-state index >= 15 is 4.39 Å². The lowest BCUT2D eigenvalue weighted by Crippen LogP contribution is -2.18. The fourth-order valence-electron chi connectivity index (χ4n) is 3.32. The zero-order valence-electron chi connectivity index (χ0n) is 17.3. The number of ketones is 1. The molecule has 0 unspecified atom stereocenters. The highest BCUT2D eigenvalue weighted by atomic mass is 32.2. The van der Waals surface area contributed by atoms with E-state index in [0.29, 0.717) is 16.6 Å². The van der Waals surface area contributed by atoms with Gasteiger partial charge in [0.05, 0.1) is 16.6 Å². The van der Waals surface area contributed by atoms with Crippen LogP contribution in [0.1, 0.15) is 35.3 Å². The third-order valence-electron chi connectivity index (χ3n) is 5.24. The van der Waals surface area contributed by atoms with Gasteiger partial charge in [-0.3, -0.25) is 9.78 Å². The van der Waals surface area contributed by atoms with Crippen LogP contribution in [0.15, 0.2) is 55.1 Å². The minimum absolute atomic E-state index is 0.0277. The highest BCUT2D eigenvalue weighted by molar-refractivity contribution is 7.91. The molecule has 3 heterocycles. The van der Waals surface area contributed by atoms with Crippen molar-refractivity contribution in [2.75, 3.05) is 0 Å². The Morgan fingerprint density at radius 1 is 1.12 bits per heavy atom. The van der Waals surface area contributed by atoms with Crippen molar-refractivity contribution in [2.45, 2.75) is 24.9 Å². The number of aromatic amines is 1. The summed E-state index contributed by atoms with van der Waals surface area (Å²) in [5, 5.41) is -0.355. The number of hydrogen-bond acceptors (Lipinski definition) is 5. The Kier molecular flexibility index (Phi) is 5.60. The van der Waals surface area contributed by atoms with Crippen LogP contribution in [0.2, 0.25) is 0 Å². The van der Waals surface area contributed by atoms with E-state index in [1.807, 2.05) is 6.07 Å². The molecule has 4 rings (SSSR count). The minimum Gasteiger partial charge on any atom is -0.345 e. The van der Waals surface area contributed by atoms with Gasteiger partial charge in [-0.2, -0.15) is 0 Å². The van der Waals surface area contributed by atoms with Crippen LogP contribution in [-0.4, -0.2) is 34.4 Å². The first-order chi connectivity index (χ1) is 15.2. The van der Waals surface area contributed by atoms with Crippen LogP contribution < -0.4 is 0 Å². The maximum Gasteiger partial charge on any atom is 0.201 e. The molecule has 0 aliphatic rings.